The maximum Gasteiger partial charge on any atom is 0.304 e. The van der Waals surface area contributed by atoms with Crippen LogP contribution in [0.5, 0.6) is 11.5 Å². The van der Waals surface area contributed by atoms with Gasteiger partial charge in [-0.05, 0) is 72.2 Å². The van der Waals surface area contributed by atoms with Gasteiger partial charge in [0.25, 0.3) is 0 Å². The number of nitrogens with zero attached hydrogens (tertiary/aromatic N) is 3. The standard InChI is InChI=1S/C32H27N3O4/c1-18-9-21(23-14-34-17-35-15-23)10-19(2)31(18)32-20(13-33)3-5-26-27(32)7-8-28(26)39-24-4-6-25-22(11-30(36)37)16-38-29(25)12-24/h3-6,9-10,12,14-15,17,22,28H,7-8,11,16H2,1-2H3,(H,36,37)/t22?,28-/m1/s1. The van der Waals surface area contributed by atoms with Crippen molar-refractivity contribution in [3.8, 4) is 39.8 Å². The third-order valence-corrected chi connectivity index (χ3v) is 7.71. The molecule has 7 heteroatoms. The van der Waals surface area contributed by atoms with E-state index in [0.717, 1.165) is 62.9 Å². The van der Waals surface area contributed by atoms with E-state index in [1.54, 1.807) is 12.4 Å². The molecule has 2 heterocycles. The zero-order chi connectivity index (χ0) is 27.1. The first-order valence-corrected chi connectivity index (χ1v) is 13.0. The van der Waals surface area contributed by atoms with Crippen LogP contribution in [0.25, 0.3) is 22.3 Å². The largest absolute Gasteiger partial charge is 0.492 e. The Morgan fingerprint density at radius 1 is 1.05 bits per heavy atom. The lowest BCUT2D eigenvalue weighted by molar-refractivity contribution is -0.137. The maximum absolute atomic E-state index is 11.2. The van der Waals surface area contributed by atoms with E-state index < -0.39 is 5.97 Å². The van der Waals surface area contributed by atoms with Crippen LogP contribution in [0.1, 0.15) is 58.2 Å². The molecule has 1 aliphatic carbocycles. The molecule has 1 unspecified atom stereocenters. The summed E-state index contributed by atoms with van der Waals surface area (Å²) >= 11 is 0. The van der Waals surface area contributed by atoms with Gasteiger partial charge in [-0.2, -0.15) is 5.26 Å². The third kappa shape index (κ3) is 4.48. The van der Waals surface area contributed by atoms with Crippen molar-refractivity contribution in [3.63, 3.8) is 0 Å². The van der Waals surface area contributed by atoms with E-state index in [-0.39, 0.29) is 18.4 Å². The minimum atomic E-state index is -0.832. The monoisotopic (exact) mass is 517 g/mol. The molecule has 194 valence electrons. The molecule has 6 rings (SSSR count). The van der Waals surface area contributed by atoms with Crippen molar-refractivity contribution in [2.45, 2.75) is 45.1 Å². The van der Waals surface area contributed by atoms with E-state index in [4.69, 9.17) is 9.47 Å². The molecule has 4 aromatic rings. The number of aryl methyl sites for hydroxylation is 2. The first-order chi connectivity index (χ1) is 18.9. The fourth-order valence-corrected chi connectivity index (χ4v) is 6.01. The molecule has 1 aromatic heterocycles. The van der Waals surface area contributed by atoms with Crippen LogP contribution in [0, 0.1) is 25.2 Å². The highest BCUT2D eigenvalue weighted by atomic mass is 16.5. The van der Waals surface area contributed by atoms with Gasteiger partial charge >= 0.3 is 5.97 Å². The summed E-state index contributed by atoms with van der Waals surface area (Å²) in [6, 6.07) is 16.3. The van der Waals surface area contributed by atoms with E-state index in [1.165, 1.54) is 6.33 Å². The Bertz CT molecular complexity index is 1620. The highest BCUT2D eigenvalue weighted by molar-refractivity contribution is 5.83. The Hall–Kier alpha value is -4.70. The maximum atomic E-state index is 11.2. The van der Waals surface area contributed by atoms with Gasteiger partial charge in [0, 0.05) is 41.1 Å². The Morgan fingerprint density at radius 3 is 2.51 bits per heavy atom. The molecule has 0 radical (unpaired) electrons. The van der Waals surface area contributed by atoms with Gasteiger partial charge in [-0.15, -0.1) is 0 Å². The third-order valence-electron chi connectivity index (χ3n) is 7.71. The Morgan fingerprint density at radius 2 is 1.79 bits per heavy atom. The topological polar surface area (TPSA) is 105 Å². The Kier molecular flexibility index (Phi) is 6.24. The molecule has 0 amide bonds. The molecule has 2 aliphatic rings. The predicted octanol–water partition coefficient (Wildman–Crippen LogP) is 6.32. The molecule has 0 fully saturated rings. The van der Waals surface area contributed by atoms with Gasteiger partial charge in [0.05, 0.1) is 24.7 Å². The normalized spacial score (nSPS) is 17.2. The van der Waals surface area contributed by atoms with Crippen molar-refractivity contribution in [1.29, 1.82) is 5.26 Å². The van der Waals surface area contributed by atoms with Crippen molar-refractivity contribution < 1.29 is 19.4 Å². The van der Waals surface area contributed by atoms with Crippen molar-refractivity contribution in [2.24, 2.45) is 0 Å². The number of carbonyl (C=O) groups is 1. The molecular formula is C32H27N3O4. The summed E-state index contributed by atoms with van der Waals surface area (Å²) in [6.07, 6.45) is 6.64. The summed E-state index contributed by atoms with van der Waals surface area (Å²) in [6.45, 7) is 4.54. The summed E-state index contributed by atoms with van der Waals surface area (Å²) in [5.41, 5.74) is 10.1. The number of benzene rings is 3. The van der Waals surface area contributed by atoms with Crippen LogP contribution in [0.2, 0.25) is 0 Å². The first kappa shape index (κ1) is 24.6. The van der Waals surface area contributed by atoms with E-state index >= 15 is 0 Å². The highest BCUT2D eigenvalue weighted by Gasteiger charge is 2.31. The summed E-state index contributed by atoms with van der Waals surface area (Å²) in [4.78, 5) is 19.5. The fraction of sp³-hybridized carbons (Fsp3) is 0.250. The lowest BCUT2D eigenvalue weighted by Gasteiger charge is -2.19. The van der Waals surface area contributed by atoms with Gasteiger partial charge in [0.1, 0.15) is 23.9 Å². The number of carboxylic acid groups (broad SMARTS) is 1. The van der Waals surface area contributed by atoms with Crippen LogP contribution in [-0.2, 0) is 11.2 Å². The van der Waals surface area contributed by atoms with Crippen LogP contribution < -0.4 is 9.47 Å². The second-order valence-corrected chi connectivity index (χ2v) is 10.2. The zero-order valence-corrected chi connectivity index (χ0v) is 21.8. The molecule has 0 spiro atoms. The summed E-state index contributed by atoms with van der Waals surface area (Å²) in [7, 11) is 0. The van der Waals surface area contributed by atoms with Crippen LogP contribution in [0.3, 0.4) is 0 Å². The number of hydrogen-bond acceptors (Lipinski definition) is 6. The number of rotatable bonds is 6. The number of fused-ring (bicyclic) bond motifs is 2. The van der Waals surface area contributed by atoms with Crippen molar-refractivity contribution in [1.82, 2.24) is 9.97 Å². The molecule has 3 aromatic carbocycles. The number of carboxylic acids is 1. The molecule has 39 heavy (non-hydrogen) atoms. The zero-order valence-electron chi connectivity index (χ0n) is 21.8. The van der Waals surface area contributed by atoms with Gasteiger partial charge in [-0.3, -0.25) is 4.79 Å². The van der Waals surface area contributed by atoms with Crippen molar-refractivity contribution in [2.75, 3.05) is 6.61 Å². The lowest BCUT2D eigenvalue weighted by Crippen LogP contribution is -2.07. The number of nitriles is 1. The number of aliphatic carboxylic acids is 1. The molecule has 7 nitrogen and oxygen atoms in total. The fourth-order valence-electron chi connectivity index (χ4n) is 6.01. The molecule has 0 bridgehead atoms. The van der Waals surface area contributed by atoms with Crippen LogP contribution in [-0.4, -0.2) is 27.7 Å². The molecule has 0 saturated heterocycles. The number of aromatic nitrogens is 2. The van der Waals surface area contributed by atoms with E-state index in [1.807, 2.05) is 30.3 Å². The number of hydrogen-bond donors (Lipinski definition) is 1. The molecule has 2 atom stereocenters. The minimum absolute atomic E-state index is 0.0478. The second-order valence-electron chi connectivity index (χ2n) is 10.2. The van der Waals surface area contributed by atoms with Crippen LogP contribution in [0.4, 0.5) is 0 Å². The molecular weight excluding hydrogens is 490 g/mol. The van der Waals surface area contributed by atoms with E-state index in [0.29, 0.717) is 23.7 Å². The lowest BCUT2D eigenvalue weighted by atomic mass is 9.86. The second kappa shape index (κ2) is 9.88. The quantitative estimate of drug-likeness (QED) is 0.319. The SMILES string of the molecule is Cc1cc(-c2cncnc2)cc(C)c1-c1c(C#N)ccc2c1CC[C@H]2Oc1ccc2c(c1)OCC2CC(=O)O. The van der Waals surface area contributed by atoms with Gasteiger partial charge in [0.15, 0.2) is 0 Å². The van der Waals surface area contributed by atoms with Gasteiger partial charge in [-0.25, -0.2) is 9.97 Å². The molecule has 1 aliphatic heterocycles. The van der Waals surface area contributed by atoms with Gasteiger partial charge in [0.2, 0.25) is 0 Å². The van der Waals surface area contributed by atoms with E-state index in [9.17, 15) is 15.2 Å². The van der Waals surface area contributed by atoms with Crippen molar-refractivity contribution in [3.05, 3.63) is 94.6 Å². The molecule has 1 N–H and O–H groups in total. The average molecular weight is 518 g/mol. The predicted molar refractivity (Wildman–Crippen MR) is 146 cm³/mol. The highest BCUT2D eigenvalue weighted by Crippen LogP contribution is 2.45. The Labute approximate surface area is 226 Å². The van der Waals surface area contributed by atoms with Crippen LogP contribution >= 0.6 is 0 Å². The molecule has 0 saturated carbocycles. The summed E-state index contributed by atoms with van der Waals surface area (Å²) in [5.74, 6) is 0.405. The average Bonchev–Trinajstić information content (AvgIpc) is 3.52. The number of ether oxygens (including phenoxy) is 2. The van der Waals surface area contributed by atoms with Crippen molar-refractivity contribution >= 4 is 5.97 Å². The minimum Gasteiger partial charge on any atom is -0.492 e. The summed E-state index contributed by atoms with van der Waals surface area (Å²) < 4.78 is 12.2. The first-order valence-electron chi connectivity index (χ1n) is 13.0. The van der Waals surface area contributed by atoms with Crippen LogP contribution in [0.15, 0.2) is 61.2 Å². The summed E-state index contributed by atoms with van der Waals surface area (Å²) in [5, 5.41) is 19.2. The Balaban J connectivity index is 1.34. The van der Waals surface area contributed by atoms with E-state index in [2.05, 4.69) is 42.0 Å². The smallest absolute Gasteiger partial charge is 0.304 e. The van der Waals surface area contributed by atoms with Gasteiger partial charge < -0.3 is 14.6 Å². The van der Waals surface area contributed by atoms with Gasteiger partial charge in [-0.1, -0.05) is 24.3 Å².